The Balaban J connectivity index is 1.88. The van der Waals surface area contributed by atoms with E-state index < -0.39 is 5.79 Å². The molecule has 2 unspecified atom stereocenters. The van der Waals surface area contributed by atoms with Crippen molar-refractivity contribution in [3.05, 3.63) is 51.6 Å². The molecule has 0 radical (unpaired) electrons. The highest BCUT2D eigenvalue weighted by atomic mass is 16.6. The Hall–Kier alpha value is -2.53. The molecule has 0 spiro atoms. The molecule has 4 rings (SSSR count). The summed E-state index contributed by atoms with van der Waals surface area (Å²) in [6.45, 7) is 4.94. The monoisotopic (exact) mass is 340 g/mol. The van der Waals surface area contributed by atoms with Crippen molar-refractivity contribution < 1.29 is 24.9 Å². The number of phenols is 2. The van der Waals surface area contributed by atoms with E-state index in [1.54, 1.807) is 19.9 Å². The number of hydrogen-bond acceptors (Lipinski definition) is 5. The molecule has 3 N–H and O–H groups in total. The van der Waals surface area contributed by atoms with Crippen LogP contribution < -0.4 is 4.74 Å². The molecule has 0 aromatic heterocycles. The van der Waals surface area contributed by atoms with Gasteiger partial charge in [-0.1, -0.05) is 12.1 Å². The number of ketones is 1. The Morgan fingerprint density at radius 3 is 2.60 bits per heavy atom. The zero-order valence-corrected chi connectivity index (χ0v) is 14.4. The van der Waals surface area contributed by atoms with Gasteiger partial charge in [-0.25, -0.2) is 0 Å². The van der Waals surface area contributed by atoms with Crippen LogP contribution in [-0.2, 0) is 12.8 Å². The van der Waals surface area contributed by atoms with Crippen LogP contribution in [0.3, 0.4) is 0 Å². The number of aromatic hydroxyl groups is 2. The third-order valence-corrected chi connectivity index (χ3v) is 5.51. The van der Waals surface area contributed by atoms with Crippen molar-refractivity contribution in [1.29, 1.82) is 0 Å². The van der Waals surface area contributed by atoms with Gasteiger partial charge in [0.1, 0.15) is 5.75 Å². The van der Waals surface area contributed by atoms with E-state index in [-0.39, 0.29) is 35.2 Å². The number of phenolic OH excluding ortho intramolecular Hbond substituents is 2. The smallest absolute Gasteiger partial charge is 0.219 e. The topological polar surface area (TPSA) is 87.0 Å². The minimum atomic E-state index is -1.49. The van der Waals surface area contributed by atoms with Crippen molar-refractivity contribution >= 4 is 5.78 Å². The number of Topliss-reactive ketones (excluding diaryl/α,β-unsaturated/α-hetero) is 1. The highest BCUT2D eigenvalue weighted by molar-refractivity contribution is 5.97. The van der Waals surface area contributed by atoms with Gasteiger partial charge in [0.25, 0.3) is 0 Å². The van der Waals surface area contributed by atoms with Gasteiger partial charge in [0.2, 0.25) is 5.79 Å². The molecule has 0 saturated carbocycles. The second-order valence-corrected chi connectivity index (χ2v) is 7.13. The fourth-order valence-electron chi connectivity index (χ4n) is 4.16. The molecule has 0 bridgehead atoms. The van der Waals surface area contributed by atoms with Gasteiger partial charge in [-0.15, -0.1) is 0 Å². The summed E-state index contributed by atoms with van der Waals surface area (Å²) in [5.74, 6) is -1.74. The molecular weight excluding hydrogens is 320 g/mol. The van der Waals surface area contributed by atoms with Gasteiger partial charge in [0, 0.05) is 6.42 Å². The fourth-order valence-corrected chi connectivity index (χ4v) is 4.16. The maximum absolute atomic E-state index is 11.8. The molecule has 130 valence electrons. The third kappa shape index (κ3) is 2.09. The molecule has 2 aliphatic rings. The number of hydrogen-bond donors (Lipinski definition) is 3. The van der Waals surface area contributed by atoms with Crippen LogP contribution in [0, 0.1) is 13.8 Å². The molecule has 1 heterocycles. The van der Waals surface area contributed by atoms with Crippen LogP contribution in [-0.4, -0.2) is 26.9 Å². The molecular formula is C20H20O5. The Labute approximate surface area is 145 Å². The minimum Gasteiger partial charge on any atom is -0.507 e. The number of aryl methyl sites for hydroxylation is 1. The largest absolute Gasteiger partial charge is 0.507 e. The van der Waals surface area contributed by atoms with Crippen LogP contribution in [0.4, 0.5) is 0 Å². The summed E-state index contributed by atoms with van der Waals surface area (Å²) in [6, 6.07) is 5.36. The number of rotatable bonds is 1. The molecule has 25 heavy (non-hydrogen) atoms. The summed E-state index contributed by atoms with van der Waals surface area (Å²) in [5.41, 5.74) is 4.00. The SMILES string of the molecule is CC(=O)c1cc2c(c(C)c1O)C1Cc3ccc(C)c(O)c3OC1(O)C2. The van der Waals surface area contributed by atoms with Gasteiger partial charge in [0.05, 0.1) is 11.5 Å². The number of aliphatic hydroxyl groups is 1. The van der Waals surface area contributed by atoms with Crippen LogP contribution in [0.1, 0.15) is 51.0 Å². The predicted molar refractivity (Wildman–Crippen MR) is 91.4 cm³/mol. The molecule has 2 aromatic carbocycles. The lowest BCUT2D eigenvalue weighted by Gasteiger charge is -2.37. The molecule has 0 saturated heterocycles. The van der Waals surface area contributed by atoms with Gasteiger partial charge in [-0.2, -0.15) is 0 Å². The summed E-state index contributed by atoms with van der Waals surface area (Å²) in [4.78, 5) is 11.8. The molecule has 2 aromatic rings. The van der Waals surface area contributed by atoms with Crippen molar-refractivity contribution in [2.75, 3.05) is 0 Å². The predicted octanol–water partition coefficient (Wildman–Crippen LogP) is 2.88. The zero-order valence-electron chi connectivity index (χ0n) is 14.4. The first-order valence-electron chi connectivity index (χ1n) is 8.32. The summed E-state index contributed by atoms with van der Waals surface area (Å²) < 4.78 is 5.87. The Morgan fingerprint density at radius 1 is 1.20 bits per heavy atom. The standard InChI is InChI=1S/C20H20O5/c1-9-4-5-12-7-15-16-10(2)18(23)14(11(3)21)6-13(16)8-20(15,24)25-19(12)17(9)22/h4-6,15,22-24H,7-8H2,1-3H3. The van der Waals surface area contributed by atoms with Gasteiger partial charge in [0.15, 0.2) is 17.3 Å². The molecule has 0 fully saturated rings. The highest BCUT2D eigenvalue weighted by Gasteiger charge is 2.52. The van der Waals surface area contributed by atoms with Gasteiger partial charge < -0.3 is 20.1 Å². The Bertz CT molecular complexity index is 930. The second kappa shape index (κ2) is 4.99. The third-order valence-electron chi connectivity index (χ3n) is 5.51. The van der Waals surface area contributed by atoms with E-state index >= 15 is 0 Å². The summed E-state index contributed by atoms with van der Waals surface area (Å²) >= 11 is 0. The summed E-state index contributed by atoms with van der Waals surface area (Å²) in [5, 5.41) is 31.8. The number of ether oxygens (including phenoxy) is 1. The normalized spacial score (nSPS) is 23.4. The maximum atomic E-state index is 11.8. The first-order valence-corrected chi connectivity index (χ1v) is 8.32. The van der Waals surface area contributed by atoms with E-state index in [2.05, 4.69) is 0 Å². The van der Waals surface area contributed by atoms with E-state index in [1.807, 2.05) is 12.1 Å². The van der Waals surface area contributed by atoms with Crippen LogP contribution >= 0.6 is 0 Å². The molecule has 5 heteroatoms. The molecule has 1 aliphatic heterocycles. The Kier molecular flexibility index (Phi) is 3.19. The number of carbonyl (C=O) groups excluding carboxylic acids is 1. The zero-order chi connectivity index (χ0) is 18.1. The molecule has 5 nitrogen and oxygen atoms in total. The second-order valence-electron chi connectivity index (χ2n) is 7.13. The van der Waals surface area contributed by atoms with Gasteiger partial charge in [-0.3, -0.25) is 4.79 Å². The lowest BCUT2D eigenvalue weighted by molar-refractivity contribution is -0.156. The van der Waals surface area contributed by atoms with Crippen LogP contribution in [0.5, 0.6) is 17.2 Å². The van der Waals surface area contributed by atoms with Gasteiger partial charge >= 0.3 is 0 Å². The van der Waals surface area contributed by atoms with Crippen LogP contribution in [0.2, 0.25) is 0 Å². The average molecular weight is 340 g/mol. The summed E-state index contributed by atoms with van der Waals surface area (Å²) in [7, 11) is 0. The average Bonchev–Trinajstić information content (AvgIpc) is 2.84. The molecule has 0 amide bonds. The molecule has 1 aliphatic carbocycles. The van der Waals surface area contributed by atoms with E-state index in [4.69, 9.17) is 4.74 Å². The van der Waals surface area contributed by atoms with Gasteiger partial charge in [-0.05, 0) is 61.1 Å². The Morgan fingerprint density at radius 2 is 1.92 bits per heavy atom. The van der Waals surface area contributed by atoms with Crippen molar-refractivity contribution in [1.82, 2.24) is 0 Å². The minimum absolute atomic E-state index is 0.0342. The number of carbonyl (C=O) groups is 1. The van der Waals surface area contributed by atoms with Crippen molar-refractivity contribution in [3.8, 4) is 17.2 Å². The lowest BCUT2D eigenvalue weighted by Crippen LogP contribution is -2.44. The first-order chi connectivity index (χ1) is 11.7. The highest BCUT2D eigenvalue weighted by Crippen LogP contribution is 2.53. The van der Waals surface area contributed by atoms with E-state index in [0.29, 0.717) is 23.3 Å². The maximum Gasteiger partial charge on any atom is 0.219 e. The van der Waals surface area contributed by atoms with Crippen molar-refractivity contribution in [2.24, 2.45) is 0 Å². The van der Waals surface area contributed by atoms with Crippen LogP contribution in [0.15, 0.2) is 18.2 Å². The lowest BCUT2D eigenvalue weighted by atomic mass is 9.84. The summed E-state index contributed by atoms with van der Waals surface area (Å²) in [6.07, 6.45) is 0.702. The van der Waals surface area contributed by atoms with E-state index in [9.17, 15) is 20.1 Å². The fraction of sp³-hybridized carbons (Fsp3) is 0.350. The number of fused-ring (bicyclic) bond motifs is 4. The first kappa shape index (κ1) is 16.0. The van der Waals surface area contributed by atoms with Crippen molar-refractivity contribution in [3.63, 3.8) is 0 Å². The van der Waals surface area contributed by atoms with E-state index in [1.165, 1.54) is 6.92 Å². The number of benzene rings is 2. The van der Waals surface area contributed by atoms with Crippen molar-refractivity contribution in [2.45, 2.75) is 45.3 Å². The van der Waals surface area contributed by atoms with E-state index in [0.717, 1.165) is 16.7 Å². The van der Waals surface area contributed by atoms with Crippen LogP contribution in [0.25, 0.3) is 0 Å². The quantitative estimate of drug-likeness (QED) is 0.695. The molecule has 2 atom stereocenters.